The van der Waals surface area contributed by atoms with Gasteiger partial charge in [0.2, 0.25) is 0 Å². The van der Waals surface area contributed by atoms with Gasteiger partial charge < -0.3 is 10.6 Å². The zero-order chi connectivity index (χ0) is 16.9. The molecule has 0 heterocycles. The summed E-state index contributed by atoms with van der Waals surface area (Å²) in [5.74, 6) is -0.568. The molecule has 0 aliphatic rings. The average Bonchev–Trinajstić information content (AvgIpc) is 2.47. The van der Waals surface area contributed by atoms with Gasteiger partial charge in [-0.25, -0.2) is 17.6 Å². The summed E-state index contributed by atoms with van der Waals surface area (Å²) in [6, 6.07) is 12.2. The van der Waals surface area contributed by atoms with E-state index < -0.39 is 21.7 Å². The van der Waals surface area contributed by atoms with Crippen molar-refractivity contribution in [2.75, 3.05) is 11.6 Å². The van der Waals surface area contributed by atoms with Crippen LogP contribution < -0.4 is 10.6 Å². The lowest BCUT2D eigenvalue weighted by atomic mass is 10.2. The fourth-order valence-electron chi connectivity index (χ4n) is 2.03. The number of carbonyl (C=O) groups excluding carboxylic acids is 1. The molecule has 2 N–H and O–H groups in total. The number of amides is 2. The number of benzene rings is 2. The number of halogens is 1. The third-order valence-corrected chi connectivity index (χ3v) is 3.92. The van der Waals surface area contributed by atoms with Gasteiger partial charge in [-0.1, -0.05) is 36.4 Å². The van der Waals surface area contributed by atoms with Crippen molar-refractivity contribution in [3.63, 3.8) is 0 Å². The van der Waals surface area contributed by atoms with E-state index in [1.165, 1.54) is 6.07 Å². The van der Waals surface area contributed by atoms with Crippen LogP contribution in [0.1, 0.15) is 11.1 Å². The van der Waals surface area contributed by atoms with Crippen LogP contribution in [-0.4, -0.2) is 20.7 Å². The molecule has 0 aromatic heterocycles. The quantitative estimate of drug-likeness (QED) is 0.881. The zero-order valence-corrected chi connectivity index (χ0v) is 13.4. The monoisotopic (exact) mass is 336 g/mol. The molecule has 2 aromatic carbocycles. The van der Waals surface area contributed by atoms with E-state index in [1.54, 1.807) is 42.5 Å². The fraction of sp³-hybridized carbons (Fsp3) is 0.188. The molecule has 2 amide bonds. The maximum absolute atomic E-state index is 13.5. The number of hydrogen-bond donors (Lipinski definition) is 2. The van der Waals surface area contributed by atoms with Crippen molar-refractivity contribution in [3.8, 4) is 0 Å². The highest BCUT2D eigenvalue weighted by atomic mass is 32.2. The van der Waals surface area contributed by atoms with Crippen LogP contribution in [0, 0.1) is 5.82 Å². The lowest BCUT2D eigenvalue weighted by Crippen LogP contribution is -2.29. The Balaban J connectivity index is 2.02. The third kappa shape index (κ3) is 5.37. The van der Waals surface area contributed by atoms with Crippen LogP contribution in [0.2, 0.25) is 0 Å². The number of sulfone groups is 1. The zero-order valence-electron chi connectivity index (χ0n) is 12.5. The molecule has 23 heavy (non-hydrogen) atoms. The summed E-state index contributed by atoms with van der Waals surface area (Å²) in [6.45, 7) is 0.0345. The van der Waals surface area contributed by atoms with Crippen molar-refractivity contribution in [2.24, 2.45) is 0 Å². The van der Waals surface area contributed by atoms with E-state index in [0.717, 1.165) is 6.26 Å². The summed E-state index contributed by atoms with van der Waals surface area (Å²) in [5.41, 5.74) is 1.27. The van der Waals surface area contributed by atoms with Crippen LogP contribution in [0.3, 0.4) is 0 Å². The first-order valence-corrected chi connectivity index (χ1v) is 8.95. The first-order valence-electron chi connectivity index (χ1n) is 6.89. The van der Waals surface area contributed by atoms with Gasteiger partial charge in [0.1, 0.15) is 5.82 Å². The van der Waals surface area contributed by atoms with Crippen LogP contribution in [0.25, 0.3) is 0 Å². The summed E-state index contributed by atoms with van der Waals surface area (Å²) >= 11 is 0. The molecular weight excluding hydrogens is 319 g/mol. The molecule has 7 heteroatoms. The number of nitrogens with one attached hydrogen (secondary N) is 2. The number of carbonyl (C=O) groups is 1. The first kappa shape index (κ1) is 17.0. The standard InChI is InChI=1S/C16H17FN2O3S/c1-23(21,22)11-13-7-3-5-9-15(13)19-16(20)18-10-12-6-2-4-8-14(12)17/h2-9H,10-11H2,1H3,(H2,18,19,20). The van der Waals surface area contributed by atoms with Crippen LogP contribution in [0.15, 0.2) is 48.5 Å². The van der Waals surface area contributed by atoms with Gasteiger partial charge in [0, 0.05) is 24.1 Å². The third-order valence-electron chi connectivity index (χ3n) is 3.08. The molecule has 0 bridgehead atoms. The number of anilines is 1. The van der Waals surface area contributed by atoms with Crippen molar-refractivity contribution < 1.29 is 17.6 Å². The SMILES string of the molecule is CS(=O)(=O)Cc1ccccc1NC(=O)NCc1ccccc1F. The van der Waals surface area contributed by atoms with Crippen LogP contribution in [0.5, 0.6) is 0 Å². The molecular formula is C16H17FN2O3S. The van der Waals surface area contributed by atoms with E-state index in [1.807, 2.05) is 0 Å². The van der Waals surface area contributed by atoms with E-state index in [9.17, 15) is 17.6 Å². The molecule has 2 rings (SSSR count). The lowest BCUT2D eigenvalue weighted by Gasteiger charge is -2.11. The van der Waals surface area contributed by atoms with Gasteiger partial charge in [-0.3, -0.25) is 0 Å². The van der Waals surface area contributed by atoms with Crippen LogP contribution >= 0.6 is 0 Å². The topological polar surface area (TPSA) is 75.3 Å². The molecule has 0 fully saturated rings. The maximum atomic E-state index is 13.5. The number of urea groups is 1. The lowest BCUT2D eigenvalue weighted by molar-refractivity contribution is 0.251. The molecule has 0 aliphatic carbocycles. The van der Waals surface area contributed by atoms with Crippen molar-refractivity contribution >= 4 is 21.6 Å². The Kier molecular flexibility index (Phi) is 5.33. The highest BCUT2D eigenvalue weighted by Crippen LogP contribution is 2.17. The molecule has 0 saturated heterocycles. The second-order valence-corrected chi connectivity index (χ2v) is 7.27. The minimum absolute atomic E-state index is 0.0345. The molecule has 5 nitrogen and oxygen atoms in total. The van der Waals surface area contributed by atoms with Gasteiger partial charge >= 0.3 is 6.03 Å². The molecule has 122 valence electrons. The van der Waals surface area contributed by atoms with Gasteiger partial charge in [0.25, 0.3) is 0 Å². The minimum atomic E-state index is -3.22. The van der Waals surface area contributed by atoms with E-state index >= 15 is 0 Å². The Bertz CT molecular complexity index is 806. The van der Waals surface area contributed by atoms with Crippen molar-refractivity contribution in [1.82, 2.24) is 5.32 Å². The van der Waals surface area contributed by atoms with Gasteiger partial charge in [0.15, 0.2) is 9.84 Å². The Hall–Kier alpha value is -2.41. The largest absolute Gasteiger partial charge is 0.334 e. The summed E-state index contributed by atoms with van der Waals surface area (Å²) in [7, 11) is -3.22. The van der Waals surface area contributed by atoms with E-state index in [4.69, 9.17) is 0 Å². The molecule has 0 atom stereocenters. The predicted octanol–water partition coefficient (Wildman–Crippen LogP) is 2.69. The Morgan fingerprint density at radius 1 is 1.04 bits per heavy atom. The van der Waals surface area contributed by atoms with E-state index in [2.05, 4.69) is 10.6 Å². The molecule has 0 spiro atoms. The fourth-order valence-corrected chi connectivity index (χ4v) is 2.85. The molecule has 2 aromatic rings. The Morgan fingerprint density at radius 2 is 1.65 bits per heavy atom. The first-order chi connectivity index (χ1) is 10.8. The molecule has 0 unspecified atom stereocenters. The molecule has 0 aliphatic heterocycles. The second-order valence-electron chi connectivity index (χ2n) is 5.13. The van der Waals surface area contributed by atoms with Crippen molar-refractivity contribution in [2.45, 2.75) is 12.3 Å². The maximum Gasteiger partial charge on any atom is 0.319 e. The van der Waals surface area contributed by atoms with Gasteiger partial charge in [-0.15, -0.1) is 0 Å². The van der Waals surface area contributed by atoms with Crippen molar-refractivity contribution in [3.05, 3.63) is 65.5 Å². The Morgan fingerprint density at radius 3 is 2.30 bits per heavy atom. The van der Waals surface area contributed by atoms with E-state index in [-0.39, 0.29) is 12.3 Å². The minimum Gasteiger partial charge on any atom is -0.334 e. The number of hydrogen-bond acceptors (Lipinski definition) is 3. The van der Waals surface area contributed by atoms with Crippen molar-refractivity contribution in [1.29, 1.82) is 0 Å². The van der Waals surface area contributed by atoms with Gasteiger partial charge in [-0.05, 0) is 17.7 Å². The summed E-state index contributed by atoms with van der Waals surface area (Å²) in [6.07, 6.45) is 1.13. The van der Waals surface area contributed by atoms with E-state index in [0.29, 0.717) is 16.8 Å². The number of rotatable bonds is 5. The normalized spacial score (nSPS) is 11.0. The second kappa shape index (κ2) is 7.23. The Labute approximate surface area is 134 Å². The highest BCUT2D eigenvalue weighted by Gasteiger charge is 2.11. The smallest absolute Gasteiger partial charge is 0.319 e. The van der Waals surface area contributed by atoms with Crippen LogP contribution in [0.4, 0.5) is 14.9 Å². The highest BCUT2D eigenvalue weighted by molar-refractivity contribution is 7.89. The average molecular weight is 336 g/mol. The van der Waals surface area contributed by atoms with Crippen LogP contribution in [-0.2, 0) is 22.1 Å². The van der Waals surface area contributed by atoms with Gasteiger partial charge in [-0.2, -0.15) is 0 Å². The molecule has 0 saturated carbocycles. The number of para-hydroxylation sites is 1. The predicted molar refractivity (Wildman–Crippen MR) is 87.2 cm³/mol. The molecule has 0 radical (unpaired) electrons. The summed E-state index contributed by atoms with van der Waals surface area (Å²) < 4.78 is 36.3. The summed E-state index contributed by atoms with van der Waals surface area (Å²) in [5, 5.41) is 5.12. The van der Waals surface area contributed by atoms with Gasteiger partial charge in [0.05, 0.1) is 5.75 Å². The summed E-state index contributed by atoms with van der Waals surface area (Å²) in [4.78, 5) is 11.9.